The first-order valence-corrected chi connectivity index (χ1v) is 6.74. The van der Waals surface area contributed by atoms with Crippen LogP contribution in [-0.4, -0.2) is 20.1 Å². The molecule has 0 aromatic carbocycles. The van der Waals surface area contributed by atoms with Gasteiger partial charge in [0.25, 0.3) is 0 Å². The summed E-state index contributed by atoms with van der Waals surface area (Å²) in [4.78, 5) is 1.43. The second-order valence-corrected chi connectivity index (χ2v) is 5.53. The zero-order valence-corrected chi connectivity index (χ0v) is 10.5. The minimum Gasteiger partial charge on any atom is -0.386 e. The van der Waals surface area contributed by atoms with Crippen LogP contribution >= 0.6 is 11.3 Å². The van der Waals surface area contributed by atoms with Gasteiger partial charge in [0.05, 0.1) is 11.9 Å². The fourth-order valence-corrected chi connectivity index (χ4v) is 3.62. The molecule has 1 N–H and O–H groups in total. The third kappa shape index (κ3) is 1.79. The van der Waals surface area contributed by atoms with E-state index < -0.39 is 6.10 Å². The number of nitrogens with zero attached hydrogens (tertiary/aromatic N) is 3. The van der Waals surface area contributed by atoms with E-state index in [0.29, 0.717) is 0 Å². The first kappa shape index (κ1) is 10.9. The van der Waals surface area contributed by atoms with Crippen molar-refractivity contribution in [2.24, 2.45) is 7.05 Å². The zero-order valence-electron chi connectivity index (χ0n) is 9.71. The molecule has 0 aliphatic heterocycles. The van der Waals surface area contributed by atoms with E-state index in [2.05, 4.69) is 21.8 Å². The molecule has 17 heavy (non-hydrogen) atoms. The van der Waals surface area contributed by atoms with Crippen molar-refractivity contribution in [3.05, 3.63) is 33.8 Å². The van der Waals surface area contributed by atoms with Gasteiger partial charge in [-0.25, -0.2) is 4.68 Å². The zero-order chi connectivity index (χ0) is 11.8. The van der Waals surface area contributed by atoms with Gasteiger partial charge in [0, 0.05) is 17.8 Å². The molecule has 2 aromatic rings. The lowest BCUT2D eigenvalue weighted by molar-refractivity contribution is 0.128. The monoisotopic (exact) mass is 249 g/mol. The molecule has 0 saturated carbocycles. The molecule has 0 amide bonds. The fourth-order valence-electron chi connectivity index (χ4n) is 2.62. The van der Waals surface area contributed by atoms with Crippen LogP contribution in [0.3, 0.4) is 0 Å². The molecule has 1 aliphatic rings. The highest BCUT2D eigenvalue weighted by atomic mass is 32.1. The van der Waals surface area contributed by atoms with Crippen LogP contribution in [0.1, 0.15) is 41.0 Å². The van der Waals surface area contributed by atoms with Crippen molar-refractivity contribution < 1.29 is 5.11 Å². The summed E-state index contributed by atoms with van der Waals surface area (Å²) in [6.45, 7) is 0. The van der Waals surface area contributed by atoms with Gasteiger partial charge in [-0.2, -0.15) is 0 Å². The van der Waals surface area contributed by atoms with Gasteiger partial charge < -0.3 is 5.11 Å². The molecular formula is C12H15N3OS. The molecule has 2 heterocycles. The minimum absolute atomic E-state index is 0.196. The molecule has 1 aliphatic carbocycles. The summed E-state index contributed by atoms with van der Waals surface area (Å²) < 4.78 is 1.66. The number of fused-ring (bicyclic) bond motifs is 1. The largest absolute Gasteiger partial charge is 0.386 e. The molecule has 2 atom stereocenters. The second-order valence-electron chi connectivity index (χ2n) is 4.53. The van der Waals surface area contributed by atoms with Gasteiger partial charge in [-0.05, 0) is 36.3 Å². The maximum atomic E-state index is 10.5. The number of aryl methyl sites for hydroxylation is 2. The lowest BCUT2D eigenvalue weighted by Gasteiger charge is -2.26. The SMILES string of the molecule is Cn1nncc1C(O)C1CCCc2sccc21. The van der Waals surface area contributed by atoms with Crippen molar-refractivity contribution in [3.8, 4) is 0 Å². The molecule has 0 bridgehead atoms. The number of aromatic nitrogens is 3. The molecule has 5 heteroatoms. The molecule has 2 unspecified atom stereocenters. The topological polar surface area (TPSA) is 50.9 Å². The van der Waals surface area contributed by atoms with E-state index in [9.17, 15) is 5.11 Å². The smallest absolute Gasteiger partial charge is 0.104 e. The van der Waals surface area contributed by atoms with Crippen molar-refractivity contribution in [1.82, 2.24) is 15.0 Å². The summed E-state index contributed by atoms with van der Waals surface area (Å²) in [6, 6.07) is 2.15. The van der Waals surface area contributed by atoms with Crippen LogP contribution < -0.4 is 0 Å². The van der Waals surface area contributed by atoms with E-state index in [1.54, 1.807) is 22.2 Å². The second kappa shape index (κ2) is 4.23. The summed E-state index contributed by atoms with van der Waals surface area (Å²) in [5.41, 5.74) is 2.11. The summed E-state index contributed by atoms with van der Waals surface area (Å²) in [5, 5.41) is 20.3. The standard InChI is InChI=1S/C12H15N3OS/c1-15-10(7-13-14-15)12(16)9-3-2-4-11-8(9)5-6-17-11/h5-7,9,12,16H,2-4H2,1H3. The lowest BCUT2D eigenvalue weighted by atomic mass is 9.83. The third-order valence-electron chi connectivity index (χ3n) is 3.53. The highest BCUT2D eigenvalue weighted by Crippen LogP contribution is 2.41. The Morgan fingerprint density at radius 3 is 3.24 bits per heavy atom. The van der Waals surface area contributed by atoms with Gasteiger partial charge in [0.1, 0.15) is 6.10 Å². The van der Waals surface area contributed by atoms with E-state index in [1.807, 2.05) is 7.05 Å². The Kier molecular flexibility index (Phi) is 2.72. The highest BCUT2D eigenvalue weighted by molar-refractivity contribution is 7.10. The number of hydrogen-bond donors (Lipinski definition) is 1. The molecule has 90 valence electrons. The molecule has 0 saturated heterocycles. The van der Waals surface area contributed by atoms with Crippen molar-refractivity contribution in [2.45, 2.75) is 31.3 Å². The van der Waals surface area contributed by atoms with Gasteiger partial charge in [0.15, 0.2) is 0 Å². The Balaban J connectivity index is 1.94. The van der Waals surface area contributed by atoms with E-state index >= 15 is 0 Å². The quantitative estimate of drug-likeness (QED) is 0.886. The van der Waals surface area contributed by atoms with Crippen LogP contribution in [0.4, 0.5) is 0 Å². The Bertz CT molecular complexity index is 519. The van der Waals surface area contributed by atoms with E-state index in [4.69, 9.17) is 0 Å². The maximum absolute atomic E-state index is 10.5. The highest BCUT2D eigenvalue weighted by Gasteiger charge is 2.30. The van der Waals surface area contributed by atoms with Crippen molar-refractivity contribution in [1.29, 1.82) is 0 Å². The maximum Gasteiger partial charge on any atom is 0.104 e. The van der Waals surface area contributed by atoms with Crippen LogP contribution in [0.5, 0.6) is 0 Å². The van der Waals surface area contributed by atoms with Crippen LogP contribution in [-0.2, 0) is 13.5 Å². The lowest BCUT2D eigenvalue weighted by Crippen LogP contribution is -2.17. The molecule has 2 aromatic heterocycles. The number of aliphatic hydroxyl groups excluding tert-OH is 1. The van der Waals surface area contributed by atoms with Crippen molar-refractivity contribution in [2.75, 3.05) is 0 Å². The number of thiophene rings is 1. The average molecular weight is 249 g/mol. The molecular weight excluding hydrogens is 234 g/mol. The van der Waals surface area contributed by atoms with E-state index in [1.165, 1.54) is 10.4 Å². The molecule has 0 fully saturated rings. The number of hydrogen-bond acceptors (Lipinski definition) is 4. The summed E-state index contributed by atoms with van der Waals surface area (Å²) in [6.07, 6.45) is 4.51. The van der Waals surface area contributed by atoms with Gasteiger partial charge in [0.2, 0.25) is 0 Å². The van der Waals surface area contributed by atoms with Crippen LogP contribution in [0.25, 0.3) is 0 Å². The minimum atomic E-state index is -0.497. The van der Waals surface area contributed by atoms with Crippen LogP contribution in [0.2, 0.25) is 0 Å². The predicted molar refractivity (Wildman–Crippen MR) is 66.0 cm³/mol. The van der Waals surface area contributed by atoms with Crippen LogP contribution in [0.15, 0.2) is 17.6 Å². The summed E-state index contributed by atoms with van der Waals surface area (Å²) in [7, 11) is 1.82. The van der Waals surface area contributed by atoms with Gasteiger partial charge in [-0.3, -0.25) is 0 Å². The molecule has 0 spiro atoms. The summed E-state index contributed by atoms with van der Waals surface area (Å²) >= 11 is 1.80. The van der Waals surface area contributed by atoms with Crippen LogP contribution in [0, 0.1) is 0 Å². The van der Waals surface area contributed by atoms with Gasteiger partial charge in [-0.15, -0.1) is 16.4 Å². The predicted octanol–water partition coefficient (Wildman–Crippen LogP) is 2.03. The number of rotatable bonds is 2. The van der Waals surface area contributed by atoms with Crippen molar-refractivity contribution >= 4 is 11.3 Å². The van der Waals surface area contributed by atoms with E-state index in [0.717, 1.165) is 25.0 Å². The fraction of sp³-hybridized carbons (Fsp3) is 0.500. The van der Waals surface area contributed by atoms with E-state index in [-0.39, 0.29) is 5.92 Å². The summed E-state index contributed by atoms with van der Waals surface area (Å²) in [5.74, 6) is 0.196. The third-order valence-corrected chi connectivity index (χ3v) is 4.53. The Morgan fingerprint density at radius 1 is 1.59 bits per heavy atom. The Morgan fingerprint density at radius 2 is 2.47 bits per heavy atom. The first-order chi connectivity index (χ1) is 8.27. The molecule has 3 rings (SSSR count). The first-order valence-electron chi connectivity index (χ1n) is 5.86. The molecule has 0 radical (unpaired) electrons. The average Bonchev–Trinajstić information content (AvgIpc) is 2.95. The van der Waals surface area contributed by atoms with Gasteiger partial charge >= 0.3 is 0 Å². The number of aliphatic hydroxyl groups is 1. The van der Waals surface area contributed by atoms with Crippen molar-refractivity contribution in [3.63, 3.8) is 0 Å². The normalized spacial score (nSPS) is 21.2. The Hall–Kier alpha value is -1.20. The molecule has 4 nitrogen and oxygen atoms in total. The van der Waals surface area contributed by atoms with Gasteiger partial charge in [-0.1, -0.05) is 5.21 Å². The Labute approximate surface area is 104 Å².